The zero-order chi connectivity index (χ0) is 22.3. The summed E-state index contributed by atoms with van der Waals surface area (Å²) >= 11 is 0. The SMILES string of the molecule is COC(=O)c1cc(OC)ccc1NC(=O)c1cc(OC)c(OCC(N)=O)c(OC)c1. The molecule has 0 bridgehead atoms. The Labute approximate surface area is 172 Å². The third-order valence-corrected chi connectivity index (χ3v) is 3.96. The molecule has 3 N–H and O–H groups in total. The lowest BCUT2D eigenvalue weighted by molar-refractivity contribution is -0.120. The Hall–Kier alpha value is -3.95. The molecule has 160 valence electrons. The summed E-state index contributed by atoms with van der Waals surface area (Å²) in [6, 6.07) is 7.35. The van der Waals surface area contributed by atoms with Gasteiger partial charge >= 0.3 is 5.97 Å². The minimum absolute atomic E-state index is 0.116. The average molecular weight is 418 g/mol. The molecule has 0 atom stereocenters. The summed E-state index contributed by atoms with van der Waals surface area (Å²) in [4.78, 5) is 35.9. The predicted molar refractivity (Wildman–Crippen MR) is 107 cm³/mol. The fraction of sp³-hybridized carbons (Fsp3) is 0.250. The second kappa shape index (κ2) is 10.0. The Balaban J connectivity index is 2.40. The van der Waals surface area contributed by atoms with Gasteiger partial charge in [0.25, 0.3) is 11.8 Å². The van der Waals surface area contributed by atoms with Gasteiger partial charge in [-0.2, -0.15) is 0 Å². The molecule has 0 spiro atoms. The third-order valence-electron chi connectivity index (χ3n) is 3.96. The van der Waals surface area contributed by atoms with E-state index in [9.17, 15) is 14.4 Å². The number of ether oxygens (including phenoxy) is 5. The van der Waals surface area contributed by atoms with E-state index in [0.29, 0.717) is 5.75 Å². The fourth-order valence-corrected chi connectivity index (χ4v) is 2.53. The van der Waals surface area contributed by atoms with Crippen molar-refractivity contribution in [3.63, 3.8) is 0 Å². The molecule has 0 fully saturated rings. The van der Waals surface area contributed by atoms with Crippen LogP contribution in [-0.4, -0.2) is 52.8 Å². The largest absolute Gasteiger partial charge is 0.497 e. The van der Waals surface area contributed by atoms with Crippen LogP contribution in [0.25, 0.3) is 0 Å². The highest BCUT2D eigenvalue weighted by molar-refractivity contribution is 6.08. The van der Waals surface area contributed by atoms with Gasteiger partial charge in [0.1, 0.15) is 5.75 Å². The van der Waals surface area contributed by atoms with Crippen molar-refractivity contribution < 1.29 is 38.1 Å². The van der Waals surface area contributed by atoms with Crippen LogP contribution in [0, 0.1) is 0 Å². The Bertz CT molecular complexity index is 933. The summed E-state index contributed by atoms with van der Waals surface area (Å²) in [7, 11) is 5.42. The fourth-order valence-electron chi connectivity index (χ4n) is 2.53. The molecule has 0 aliphatic rings. The number of amides is 2. The van der Waals surface area contributed by atoms with Gasteiger partial charge in [-0.3, -0.25) is 9.59 Å². The van der Waals surface area contributed by atoms with Crippen molar-refractivity contribution >= 4 is 23.5 Å². The van der Waals surface area contributed by atoms with E-state index in [-0.39, 0.29) is 34.1 Å². The number of nitrogens with two attached hydrogens (primary N) is 1. The van der Waals surface area contributed by atoms with E-state index in [4.69, 9.17) is 29.4 Å². The van der Waals surface area contributed by atoms with Crippen LogP contribution in [0.3, 0.4) is 0 Å². The van der Waals surface area contributed by atoms with Crippen LogP contribution in [0.5, 0.6) is 23.0 Å². The lowest BCUT2D eigenvalue weighted by atomic mass is 10.1. The topological polar surface area (TPSA) is 135 Å². The molecular formula is C20H22N2O8. The van der Waals surface area contributed by atoms with Gasteiger partial charge in [-0.1, -0.05) is 0 Å². The summed E-state index contributed by atoms with van der Waals surface area (Å²) in [5.74, 6) is -1.02. The van der Waals surface area contributed by atoms with Gasteiger partial charge in [0.15, 0.2) is 18.1 Å². The summed E-state index contributed by atoms with van der Waals surface area (Å²) in [5.41, 5.74) is 5.59. The highest BCUT2D eigenvalue weighted by Crippen LogP contribution is 2.38. The van der Waals surface area contributed by atoms with Crippen LogP contribution in [0.4, 0.5) is 5.69 Å². The molecule has 0 heterocycles. The van der Waals surface area contributed by atoms with E-state index >= 15 is 0 Å². The molecule has 0 unspecified atom stereocenters. The van der Waals surface area contributed by atoms with Gasteiger partial charge in [-0.05, 0) is 30.3 Å². The Morgan fingerprint density at radius 2 is 1.57 bits per heavy atom. The smallest absolute Gasteiger partial charge is 0.340 e. The molecule has 0 aromatic heterocycles. The number of methoxy groups -OCH3 is 4. The molecule has 2 rings (SSSR count). The van der Waals surface area contributed by atoms with E-state index < -0.39 is 24.4 Å². The molecule has 30 heavy (non-hydrogen) atoms. The number of rotatable bonds is 9. The summed E-state index contributed by atoms with van der Waals surface area (Å²) in [5, 5.41) is 2.64. The van der Waals surface area contributed by atoms with Crippen LogP contribution < -0.4 is 30.0 Å². The molecule has 10 nitrogen and oxygen atoms in total. The van der Waals surface area contributed by atoms with Crippen molar-refractivity contribution in [3.05, 3.63) is 41.5 Å². The van der Waals surface area contributed by atoms with Crippen LogP contribution in [0.2, 0.25) is 0 Å². The standard InChI is InChI=1S/C20H22N2O8/c1-26-12-5-6-14(13(9-12)20(25)29-4)22-19(24)11-7-15(27-2)18(16(8-11)28-3)30-10-17(21)23/h5-9H,10H2,1-4H3,(H2,21,23)(H,22,24). The zero-order valence-corrected chi connectivity index (χ0v) is 16.9. The maximum absolute atomic E-state index is 12.8. The first-order valence-corrected chi connectivity index (χ1v) is 8.59. The van der Waals surface area contributed by atoms with Crippen molar-refractivity contribution in [1.82, 2.24) is 0 Å². The monoisotopic (exact) mass is 418 g/mol. The zero-order valence-electron chi connectivity index (χ0n) is 16.9. The molecule has 0 saturated carbocycles. The molecule has 10 heteroatoms. The maximum atomic E-state index is 12.8. The van der Waals surface area contributed by atoms with E-state index in [1.807, 2.05) is 0 Å². The lowest BCUT2D eigenvalue weighted by Crippen LogP contribution is -2.20. The Morgan fingerprint density at radius 3 is 2.07 bits per heavy atom. The third kappa shape index (κ3) is 5.10. The first kappa shape index (κ1) is 22.3. The summed E-state index contributed by atoms with van der Waals surface area (Å²) < 4.78 is 25.7. The molecule has 0 aliphatic carbocycles. The number of anilines is 1. The molecule has 2 amide bonds. The van der Waals surface area contributed by atoms with Gasteiger partial charge in [0.2, 0.25) is 5.75 Å². The quantitative estimate of drug-likeness (QED) is 0.587. The van der Waals surface area contributed by atoms with Gasteiger partial charge in [-0.15, -0.1) is 0 Å². The second-order valence-corrected chi connectivity index (χ2v) is 5.82. The number of hydrogen-bond donors (Lipinski definition) is 2. The molecule has 0 aliphatic heterocycles. The minimum Gasteiger partial charge on any atom is -0.497 e. The average Bonchev–Trinajstić information content (AvgIpc) is 2.76. The van der Waals surface area contributed by atoms with Gasteiger partial charge in [-0.25, -0.2) is 4.79 Å². The van der Waals surface area contributed by atoms with Gasteiger partial charge in [0, 0.05) is 5.56 Å². The second-order valence-electron chi connectivity index (χ2n) is 5.82. The minimum atomic E-state index is -0.684. The van der Waals surface area contributed by atoms with E-state index in [2.05, 4.69) is 5.32 Å². The highest BCUT2D eigenvalue weighted by atomic mass is 16.5. The molecule has 2 aromatic carbocycles. The summed E-state index contributed by atoms with van der Waals surface area (Å²) in [6.07, 6.45) is 0. The normalized spacial score (nSPS) is 10.0. The number of primary amides is 1. The highest BCUT2D eigenvalue weighted by Gasteiger charge is 2.20. The number of benzene rings is 2. The van der Waals surface area contributed by atoms with E-state index in [1.54, 1.807) is 6.07 Å². The van der Waals surface area contributed by atoms with Crippen molar-refractivity contribution in [1.29, 1.82) is 0 Å². The number of hydrogen-bond acceptors (Lipinski definition) is 8. The van der Waals surface area contributed by atoms with Crippen molar-refractivity contribution in [2.24, 2.45) is 5.73 Å². The van der Waals surface area contributed by atoms with Gasteiger partial charge in [0.05, 0.1) is 39.7 Å². The first-order valence-electron chi connectivity index (χ1n) is 8.59. The number of esters is 1. The number of nitrogens with one attached hydrogen (secondary N) is 1. The van der Waals surface area contributed by atoms with Crippen molar-refractivity contribution in [2.45, 2.75) is 0 Å². The van der Waals surface area contributed by atoms with E-state index in [1.165, 1.54) is 52.7 Å². The van der Waals surface area contributed by atoms with Crippen molar-refractivity contribution in [2.75, 3.05) is 40.4 Å². The molecule has 0 saturated heterocycles. The molecular weight excluding hydrogens is 396 g/mol. The van der Waals surface area contributed by atoms with Crippen LogP contribution >= 0.6 is 0 Å². The lowest BCUT2D eigenvalue weighted by Gasteiger charge is -2.16. The Kier molecular flexibility index (Phi) is 7.45. The van der Waals surface area contributed by atoms with Crippen molar-refractivity contribution in [3.8, 4) is 23.0 Å². The number of carbonyl (C=O) groups is 3. The first-order chi connectivity index (χ1) is 14.3. The van der Waals surface area contributed by atoms with Crippen LogP contribution in [-0.2, 0) is 9.53 Å². The number of carbonyl (C=O) groups excluding carboxylic acids is 3. The maximum Gasteiger partial charge on any atom is 0.340 e. The van der Waals surface area contributed by atoms with Gasteiger partial charge < -0.3 is 34.7 Å². The van der Waals surface area contributed by atoms with Crippen LogP contribution in [0.1, 0.15) is 20.7 Å². The molecule has 2 aromatic rings. The Morgan fingerprint density at radius 1 is 0.933 bits per heavy atom. The van der Waals surface area contributed by atoms with E-state index in [0.717, 1.165) is 0 Å². The van der Waals surface area contributed by atoms with Crippen LogP contribution in [0.15, 0.2) is 30.3 Å². The summed E-state index contributed by atoms with van der Waals surface area (Å²) in [6.45, 7) is -0.396. The molecule has 0 radical (unpaired) electrons. The predicted octanol–water partition coefficient (Wildman–Crippen LogP) is 1.62.